The quantitative estimate of drug-likeness (QED) is 0.610. The predicted molar refractivity (Wildman–Crippen MR) is 60.0 cm³/mol. The highest BCUT2D eigenvalue weighted by Gasteiger charge is 2.05. The first-order valence-electron chi connectivity index (χ1n) is 4.81. The fraction of sp³-hybridized carbons (Fsp3) is 0.444. The first-order valence-corrected chi connectivity index (χ1v) is 4.81. The Balaban J connectivity index is 2.90. The van der Waals surface area contributed by atoms with E-state index in [-0.39, 0.29) is 12.1 Å². The molecule has 0 aliphatic heterocycles. The molecular formula is C9H15N5O2. The average Bonchev–Trinajstić information content (AvgIpc) is 2.20. The van der Waals surface area contributed by atoms with Gasteiger partial charge >= 0.3 is 0 Å². The smallest absolute Gasteiger partial charge is 0.269 e. The van der Waals surface area contributed by atoms with Crippen molar-refractivity contribution in [1.82, 2.24) is 9.78 Å². The maximum atomic E-state index is 11.5. The highest BCUT2D eigenvalue weighted by Crippen LogP contribution is 2.05. The molecule has 1 amide bonds. The SMILES string of the molecule is CN(CCN)c1cnn(CC(N)=O)c(=O)c1. The number of anilines is 1. The fourth-order valence-corrected chi connectivity index (χ4v) is 1.22. The Morgan fingerprint density at radius 2 is 2.31 bits per heavy atom. The Kier molecular flexibility index (Phi) is 4.01. The molecule has 0 aliphatic carbocycles. The number of rotatable bonds is 5. The lowest BCUT2D eigenvalue weighted by Gasteiger charge is -2.17. The molecular weight excluding hydrogens is 210 g/mol. The van der Waals surface area contributed by atoms with Gasteiger partial charge in [-0.2, -0.15) is 5.10 Å². The Morgan fingerprint density at radius 1 is 1.62 bits per heavy atom. The molecule has 0 fully saturated rings. The molecule has 7 heteroatoms. The third kappa shape index (κ3) is 3.06. The second-order valence-corrected chi connectivity index (χ2v) is 3.39. The summed E-state index contributed by atoms with van der Waals surface area (Å²) >= 11 is 0. The lowest BCUT2D eigenvalue weighted by atomic mass is 10.4. The summed E-state index contributed by atoms with van der Waals surface area (Å²) < 4.78 is 1.02. The normalized spacial score (nSPS) is 10.1. The van der Waals surface area contributed by atoms with Gasteiger partial charge in [0.05, 0.1) is 11.9 Å². The van der Waals surface area contributed by atoms with Gasteiger partial charge in [-0.25, -0.2) is 4.68 Å². The van der Waals surface area contributed by atoms with E-state index in [2.05, 4.69) is 5.10 Å². The molecule has 0 saturated carbocycles. The number of hydrogen-bond donors (Lipinski definition) is 2. The van der Waals surface area contributed by atoms with Crippen LogP contribution in [0.2, 0.25) is 0 Å². The van der Waals surface area contributed by atoms with Crippen LogP contribution in [0.4, 0.5) is 5.69 Å². The Bertz CT molecular complexity index is 428. The monoisotopic (exact) mass is 225 g/mol. The Hall–Kier alpha value is -1.89. The topological polar surface area (TPSA) is 107 Å². The van der Waals surface area contributed by atoms with E-state index in [0.29, 0.717) is 18.8 Å². The van der Waals surface area contributed by atoms with E-state index >= 15 is 0 Å². The van der Waals surface area contributed by atoms with Crippen LogP contribution in [0.1, 0.15) is 0 Å². The van der Waals surface area contributed by atoms with Gasteiger partial charge in [0, 0.05) is 26.2 Å². The molecule has 0 aromatic carbocycles. The van der Waals surface area contributed by atoms with Gasteiger partial charge in [-0.15, -0.1) is 0 Å². The van der Waals surface area contributed by atoms with E-state index in [1.807, 2.05) is 11.9 Å². The molecule has 0 bridgehead atoms. The summed E-state index contributed by atoms with van der Waals surface area (Å²) in [4.78, 5) is 24.0. The van der Waals surface area contributed by atoms with Crippen LogP contribution in [-0.4, -0.2) is 35.8 Å². The molecule has 0 spiro atoms. The van der Waals surface area contributed by atoms with E-state index in [1.165, 1.54) is 12.3 Å². The number of nitrogens with zero attached hydrogens (tertiary/aromatic N) is 3. The molecule has 0 aliphatic rings. The van der Waals surface area contributed by atoms with Crippen LogP contribution < -0.4 is 21.9 Å². The van der Waals surface area contributed by atoms with Crippen LogP contribution in [0, 0.1) is 0 Å². The maximum Gasteiger partial charge on any atom is 0.269 e. The largest absolute Gasteiger partial charge is 0.372 e. The van der Waals surface area contributed by atoms with Gasteiger partial charge in [-0.05, 0) is 0 Å². The summed E-state index contributed by atoms with van der Waals surface area (Å²) in [7, 11) is 1.81. The van der Waals surface area contributed by atoms with E-state index in [0.717, 1.165) is 4.68 Å². The van der Waals surface area contributed by atoms with Crippen LogP contribution >= 0.6 is 0 Å². The summed E-state index contributed by atoms with van der Waals surface area (Å²) in [5.74, 6) is -0.599. The summed E-state index contributed by atoms with van der Waals surface area (Å²) in [5, 5.41) is 3.84. The minimum absolute atomic E-state index is 0.209. The zero-order valence-electron chi connectivity index (χ0n) is 9.09. The van der Waals surface area contributed by atoms with E-state index in [9.17, 15) is 9.59 Å². The third-order valence-electron chi connectivity index (χ3n) is 2.07. The summed E-state index contributed by atoms with van der Waals surface area (Å²) in [5.41, 5.74) is 10.7. The second-order valence-electron chi connectivity index (χ2n) is 3.39. The number of likely N-dealkylation sites (N-methyl/N-ethyl adjacent to an activating group) is 1. The molecule has 1 aromatic rings. The number of carbonyl (C=O) groups is 1. The lowest BCUT2D eigenvalue weighted by Crippen LogP contribution is -2.31. The van der Waals surface area contributed by atoms with Crippen molar-refractivity contribution in [3.8, 4) is 0 Å². The highest BCUT2D eigenvalue weighted by atomic mass is 16.2. The summed E-state index contributed by atoms with van der Waals surface area (Å²) in [6.07, 6.45) is 1.50. The van der Waals surface area contributed by atoms with E-state index in [1.54, 1.807) is 0 Å². The lowest BCUT2D eigenvalue weighted by molar-refractivity contribution is -0.118. The number of hydrogen-bond acceptors (Lipinski definition) is 5. The second kappa shape index (κ2) is 5.26. The minimum atomic E-state index is -0.599. The van der Waals surface area contributed by atoms with Crippen molar-refractivity contribution in [3.05, 3.63) is 22.6 Å². The van der Waals surface area contributed by atoms with Crippen molar-refractivity contribution in [1.29, 1.82) is 0 Å². The fourth-order valence-electron chi connectivity index (χ4n) is 1.22. The molecule has 0 radical (unpaired) electrons. The van der Waals surface area contributed by atoms with Gasteiger partial charge in [-0.1, -0.05) is 0 Å². The molecule has 0 saturated heterocycles. The van der Waals surface area contributed by atoms with Gasteiger partial charge in [0.1, 0.15) is 6.54 Å². The molecule has 1 aromatic heterocycles. The first-order chi connectivity index (χ1) is 7.54. The molecule has 88 valence electrons. The maximum absolute atomic E-state index is 11.5. The summed E-state index contributed by atoms with van der Waals surface area (Å²) in [6.45, 7) is 0.904. The van der Waals surface area contributed by atoms with Gasteiger partial charge in [-0.3, -0.25) is 9.59 Å². The summed E-state index contributed by atoms with van der Waals surface area (Å²) in [6, 6.07) is 1.39. The first kappa shape index (κ1) is 12.2. The van der Waals surface area contributed by atoms with Gasteiger partial charge in [0.15, 0.2) is 0 Å². The Labute approximate surface area is 92.6 Å². The van der Waals surface area contributed by atoms with Gasteiger partial charge < -0.3 is 16.4 Å². The molecule has 1 heterocycles. The Morgan fingerprint density at radius 3 is 2.81 bits per heavy atom. The standard InChI is InChI=1S/C9H15N5O2/c1-13(3-2-10)7-4-9(16)14(12-5-7)6-8(11)15/h4-5H,2-3,6,10H2,1H3,(H2,11,15). The molecule has 0 unspecified atom stereocenters. The van der Waals surface area contributed by atoms with Crippen LogP contribution in [0.15, 0.2) is 17.1 Å². The van der Waals surface area contributed by atoms with Crippen molar-refractivity contribution in [2.75, 3.05) is 25.0 Å². The van der Waals surface area contributed by atoms with Crippen molar-refractivity contribution < 1.29 is 4.79 Å². The van der Waals surface area contributed by atoms with E-state index < -0.39 is 5.91 Å². The van der Waals surface area contributed by atoms with Crippen LogP contribution in [0.3, 0.4) is 0 Å². The third-order valence-corrected chi connectivity index (χ3v) is 2.07. The van der Waals surface area contributed by atoms with Crippen LogP contribution in [-0.2, 0) is 11.3 Å². The zero-order chi connectivity index (χ0) is 12.1. The van der Waals surface area contributed by atoms with E-state index in [4.69, 9.17) is 11.5 Å². The molecule has 1 rings (SSSR count). The zero-order valence-corrected chi connectivity index (χ0v) is 9.09. The van der Waals surface area contributed by atoms with Crippen molar-refractivity contribution in [3.63, 3.8) is 0 Å². The van der Waals surface area contributed by atoms with Crippen LogP contribution in [0.5, 0.6) is 0 Å². The van der Waals surface area contributed by atoms with Crippen molar-refractivity contribution >= 4 is 11.6 Å². The number of aromatic nitrogens is 2. The molecule has 0 atom stereocenters. The number of primary amides is 1. The minimum Gasteiger partial charge on any atom is -0.372 e. The number of nitrogens with two attached hydrogens (primary N) is 2. The van der Waals surface area contributed by atoms with Gasteiger partial charge in [0.2, 0.25) is 5.91 Å². The van der Waals surface area contributed by atoms with Crippen LogP contribution in [0.25, 0.3) is 0 Å². The highest BCUT2D eigenvalue weighted by molar-refractivity contribution is 5.73. The predicted octanol–water partition coefficient (Wildman–Crippen LogP) is -1.88. The molecule has 4 N–H and O–H groups in total. The van der Waals surface area contributed by atoms with Crippen molar-refractivity contribution in [2.24, 2.45) is 11.5 Å². The number of carbonyl (C=O) groups excluding carboxylic acids is 1. The average molecular weight is 225 g/mol. The number of amides is 1. The molecule has 7 nitrogen and oxygen atoms in total. The molecule has 16 heavy (non-hydrogen) atoms. The van der Waals surface area contributed by atoms with Gasteiger partial charge in [0.25, 0.3) is 5.56 Å². The van der Waals surface area contributed by atoms with Crippen molar-refractivity contribution in [2.45, 2.75) is 6.54 Å².